The Kier molecular flexibility index (Phi) is 4.93. The summed E-state index contributed by atoms with van der Waals surface area (Å²) >= 11 is 0. The number of nitrogens with one attached hydrogen (secondary N) is 2. The lowest BCUT2D eigenvalue weighted by molar-refractivity contribution is -0.117. The minimum Gasteiger partial charge on any atom is -0.325 e. The lowest BCUT2D eigenvalue weighted by Crippen LogP contribution is -2.46. The molecule has 1 aliphatic heterocycles. The molecule has 19 heavy (non-hydrogen) atoms. The van der Waals surface area contributed by atoms with Crippen molar-refractivity contribution in [2.75, 3.05) is 32.0 Å². The van der Waals surface area contributed by atoms with Crippen molar-refractivity contribution in [2.45, 2.75) is 25.8 Å². The van der Waals surface area contributed by atoms with Gasteiger partial charge in [0.15, 0.2) is 0 Å². The maximum atomic E-state index is 12.0. The number of para-hydroxylation sites is 1. The molecular weight excluding hydrogens is 238 g/mol. The fourth-order valence-electron chi connectivity index (χ4n) is 2.47. The number of rotatable bonds is 4. The Bertz CT molecular complexity index is 427. The molecule has 104 valence electrons. The van der Waals surface area contributed by atoms with Crippen molar-refractivity contribution >= 4 is 11.6 Å². The molecule has 4 nitrogen and oxygen atoms in total. The van der Waals surface area contributed by atoms with Crippen LogP contribution in [0.2, 0.25) is 0 Å². The smallest absolute Gasteiger partial charge is 0.238 e. The molecule has 0 saturated carbocycles. The second-order valence-corrected chi connectivity index (χ2v) is 5.28. The fraction of sp³-hybridized carbons (Fsp3) is 0.533. The van der Waals surface area contributed by atoms with Crippen molar-refractivity contribution in [2.24, 2.45) is 0 Å². The molecule has 1 heterocycles. The van der Waals surface area contributed by atoms with Crippen LogP contribution >= 0.6 is 0 Å². The Morgan fingerprint density at radius 1 is 1.47 bits per heavy atom. The summed E-state index contributed by atoms with van der Waals surface area (Å²) in [4.78, 5) is 14.2. The summed E-state index contributed by atoms with van der Waals surface area (Å²) in [7, 11) is 2.02. The fourth-order valence-corrected chi connectivity index (χ4v) is 2.47. The van der Waals surface area contributed by atoms with Gasteiger partial charge in [0.25, 0.3) is 0 Å². The Morgan fingerprint density at radius 3 is 2.95 bits per heavy atom. The third-order valence-electron chi connectivity index (χ3n) is 3.71. The van der Waals surface area contributed by atoms with Crippen LogP contribution in [0.1, 0.15) is 18.4 Å². The normalized spacial score (nSPS) is 19.4. The van der Waals surface area contributed by atoms with Gasteiger partial charge in [0.2, 0.25) is 5.91 Å². The van der Waals surface area contributed by atoms with Gasteiger partial charge in [0.05, 0.1) is 6.54 Å². The molecule has 2 N–H and O–H groups in total. The van der Waals surface area contributed by atoms with Crippen LogP contribution in [0.3, 0.4) is 0 Å². The number of amides is 1. The number of piperidine rings is 1. The monoisotopic (exact) mass is 261 g/mol. The van der Waals surface area contributed by atoms with Crippen LogP contribution in [-0.4, -0.2) is 43.5 Å². The molecule has 1 aromatic rings. The minimum absolute atomic E-state index is 0.0578. The highest BCUT2D eigenvalue weighted by Gasteiger charge is 2.19. The average molecular weight is 261 g/mol. The molecular formula is C15H23N3O. The van der Waals surface area contributed by atoms with E-state index in [9.17, 15) is 4.79 Å². The Hall–Kier alpha value is -1.39. The van der Waals surface area contributed by atoms with Crippen LogP contribution in [0.4, 0.5) is 5.69 Å². The van der Waals surface area contributed by atoms with Crippen LogP contribution in [0.25, 0.3) is 0 Å². The van der Waals surface area contributed by atoms with Gasteiger partial charge in [-0.2, -0.15) is 0 Å². The second-order valence-electron chi connectivity index (χ2n) is 5.28. The van der Waals surface area contributed by atoms with E-state index >= 15 is 0 Å². The number of aryl methyl sites for hydroxylation is 1. The van der Waals surface area contributed by atoms with E-state index in [1.54, 1.807) is 0 Å². The molecule has 4 heteroatoms. The van der Waals surface area contributed by atoms with Crippen LogP contribution in [0.15, 0.2) is 24.3 Å². The summed E-state index contributed by atoms with van der Waals surface area (Å²) in [5.74, 6) is 0.0578. The van der Waals surface area contributed by atoms with Crippen molar-refractivity contribution in [3.8, 4) is 0 Å². The number of carbonyl (C=O) groups is 1. The zero-order chi connectivity index (χ0) is 13.7. The predicted molar refractivity (Wildman–Crippen MR) is 78.3 cm³/mol. The number of likely N-dealkylation sites (N-methyl/N-ethyl adjacent to an activating group) is 1. The minimum atomic E-state index is 0.0578. The van der Waals surface area contributed by atoms with E-state index < -0.39 is 0 Å². The first-order valence-corrected chi connectivity index (χ1v) is 6.93. The van der Waals surface area contributed by atoms with E-state index in [1.807, 2.05) is 38.2 Å². The zero-order valence-electron chi connectivity index (χ0n) is 11.8. The van der Waals surface area contributed by atoms with Crippen molar-refractivity contribution < 1.29 is 4.79 Å². The van der Waals surface area contributed by atoms with Crippen LogP contribution in [-0.2, 0) is 4.79 Å². The van der Waals surface area contributed by atoms with E-state index in [4.69, 9.17) is 0 Å². The molecule has 1 fully saturated rings. The summed E-state index contributed by atoms with van der Waals surface area (Å²) < 4.78 is 0. The van der Waals surface area contributed by atoms with E-state index in [0.717, 1.165) is 24.3 Å². The lowest BCUT2D eigenvalue weighted by Gasteiger charge is -2.31. The third-order valence-corrected chi connectivity index (χ3v) is 3.71. The van der Waals surface area contributed by atoms with E-state index in [-0.39, 0.29) is 5.91 Å². The summed E-state index contributed by atoms with van der Waals surface area (Å²) in [6, 6.07) is 8.33. The van der Waals surface area contributed by atoms with Gasteiger partial charge in [-0.25, -0.2) is 0 Å². The maximum Gasteiger partial charge on any atom is 0.238 e. The standard InChI is InChI=1S/C15H23N3O/c1-12-6-3-4-8-14(12)17-15(19)11-18(2)13-7-5-9-16-10-13/h3-4,6,8,13,16H,5,7,9-11H2,1-2H3,(H,17,19). The number of hydrogen-bond acceptors (Lipinski definition) is 3. The molecule has 1 atom stereocenters. The highest BCUT2D eigenvalue weighted by atomic mass is 16.2. The number of hydrogen-bond donors (Lipinski definition) is 2. The average Bonchev–Trinajstić information content (AvgIpc) is 2.42. The lowest BCUT2D eigenvalue weighted by atomic mass is 10.1. The van der Waals surface area contributed by atoms with Gasteiger partial charge in [-0.3, -0.25) is 9.69 Å². The van der Waals surface area contributed by atoms with E-state index in [1.165, 1.54) is 12.8 Å². The summed E-state index contributed by atoms with van der Waals surface area (Å²) in [5, 5.41) is 6.35. The first kappa shape index (κ1) is 14.0. The van der Waals surface area contributed by atoms with Gasteiger partial charge >= 0.3 is 0 Å². The van der Waals surface area contributed by atoms with Gasteiger partial charge in [-0.15, -0.1) is 0 Å². The van der Waals surface area contributed by atoms with Crippen molar-refractivity contribution in [3.63, 3.8) is 0 Å². The highest BCUT2D eigenvalue weighted by Crippen LogP contribution is 2.13. The number of anilines is 1. The van der Waals surface area contributed by atoms with Crippen molar-refractivity contribution in [1.82, 2.24) is 10.2 Å². The maximum absolute atomic E-state index is 12.0. The van der Waals surface area contributed by atoms with E-state index in [0.29, 0.717) is 12.6 Å². The Balaban J connectivity index is 1.85. The van der Waals surface area contributed by atoms with Crippen LogP contribution in [0.5, 0.6) is 0 Å². The molecule has 1 unspecified atom stereocenters. The van der Waals surface area contributed by atoms with Crippen LogP contribution in [0, 0.1) is 6.92 Å². The van der Waals surface area contributed by atoms with Crippen molar-refractivity contribution in [1.29, 1.82) is 0 Å². The molecule has 0 aromatic heterocycles. The molecule has 1 saturated heterocycles. The van der Waals surface area contributed by atoms with Crippen molar-refractivity contribution in [3.05, 3.63) is 29.8 Å². The first-order valence-electron chi connectivity index (χ1n) is 6.93. The molecule has 1 amide bonds. The highest BCUT2D eigenvalue weighted by molar-refractivity contribution is 5.92. The second kappa shape index (κ2) is 6.68. The summed E-state index contributed by atoms with van der Waals surface area (Å²) in [6.45, 7) is 4.53. The molecule has 0 spiro atoms. The Morgan fingerprint density at radius 2 is 2.26 bits per heavy atom. The predicted octanol–water partition coefficient (Wildman–Crippen LogP) is 1.62. The number of carbonyl (C=O) groups excluding carboxylic acids is 1. The first-order chi connectivity index (χ1) is 9.16. The third kappa shape index (κ3) is 4.04. The Labute approximate surface area is 115 Å². The summed E-state index contributed by atoms with van der Waals surface area (Å²) in [5.41, 5.74) is 2.00. The molecule has 2 rings (SSSR count). The van der Waals surface area contributed by atoms with Gasteiger partial charge in [-0.1, -0.05) is 18.2 Å². The topological polar surface area (TPSA) is 44.4 Å². The quantitative estimate of drug-likeness (QED) is 0.865. The zero-order valence-corrected chi connectivity index (χ0v) is 11.8. The SMILES string of the molecule is Cc1ccccc1NC(=O)CN(C)C1CCCNC1. The molecule has 0 radical (unpaired) electrons. The van der Waals surface area contributed by atoms with E-state index in [2.05, 4.69) is 15.5 Å². The summed E-state index contributed by atoms with van der Waals surface area (Å²) in [6.07, 6.45) is 2.36. The van der Waals surface area contributed by atoms with Gasteiger partial charge in [-0.05, 0) is 45.0 Å². The van der Waals surface area contributed by atoms with Gasteiger partial charge in [0.1, 0.15) is 0 Å². The molecule has 1 aliphatic rings. The molecule has 1 aromatic carbocycles. The van der Waals surface area contributed by atoms with Gasteiger partial charge < -0.3 is 10.6 Å². The van der Waals surface area contributed by atoms with Gasteiger partial charge in [0, 0.05) is 18.3 Å². The molecule has 0 aliphatic carbocycles. The van der Waals surface area contributed by atoms with Crippen LogP contribution < -0.4 is 10.6 Å². The number of benzene rings is 1. The largest absolute Gasteiger partial charge is 0.325 e. The number of nitrogens with zero attached hydrogens (tertiary/aromatic N) is 1. The molecule has 0 bridgehead atoms.